The number of H-pyrrole nitrogens is 1. The molecule has 0 spiro atoms. The van der Waals surface area contributed by atoms with Gasteiger partial charge in [0.1, 0.15) is 6.10 Å². The molecule has 0 radical (unpaired) electrons. The zero-order valence-corrected chi connectivity index (χ0v) is 16.6. The van der Waals surface area contributed by atoms with Gasteiger partial charge in [-0.05, 0) is 24.6 Å². The van der Waals surface area contributed by atoms with Crippen molar-refractivity contribution in [2.75, 3.05) is 13.2 Å². The number of imidazole rings is 1. The van der Waals surface area contributed by atoms with Gasteiger partial charge in [-0.3, -0.25) is 0 Å². The maximum atomic E-state index is 6.52. The molecule has 0 amide bonds. The monoisotopic (exact) mass is 423 g/mol. The van der Waals surface area contributed by atoms with Gasteiger partial charge >= 0.3 is 0 Å². The summed E-state index contributed by atoms with van der Waals surface area (Å²) in [5, 5.41) is 4.93. The number of benzene rings is 1. The van der Waals surface area contributed by atoms with Crippen molar-refractivity contribution in [2.24, 2.45) is 0 Å². The van der Waals surface area contributed by atoms with Crippen molar-refractivity contribution in [3.05, 3.63) is 53.8 Å². The van der Waals surface area contributed by atoms with Crippen molar-refractivity contribution in [1.82, 2.24) is 24.7 Å². The predicted molar refractivity (Wildman–Crippen MR) is 110 cm³/mol. The smallest absolute Gasteiger partial charge is 0.296 e. The molecule has 0 aliphatic carbocycles. The second-order valence-electron chi connectivity index (χ2n) is 7.39. The second-order valence-corrected chi connectivity index (χ2v) is 7.80. The van der Waals surface area contributed by atoms with Crippen LogP contribution >= 0.6 is 11.6 Å². The zero-order chi connectivity index (χ0) is 20.1. The highest BCUT2D eigenvalue weighted by Gasteiger charge is 2.43. The third kappa shape index (κ3) is 3.04. The SMILES string of the molecule is Clc1cc2[nH]c(OC3CO[C@@H]4CCO[C@H]34)nc2nc1-c1cnn(-c2ccccc2)c1. The van der Waals surface area contributed by atoms with E-state index in [1.165, 1.54) is 0 Å². The van der Waals surface area contributed by atoms with Gasteiger partial charge in [0, 0.05) is 18.4 Å². The highest BCUT2D eigenvalue weighted by Crippen LogP contribution is 2.32. The Morgan fingerprint density at radius 3 is 2.97 bits per heavy atom. The van der Waals surface area contributed by atoms with Gasteiger partial charge in [0.05, 0.1) is 40.8 Å². The van der Waals surface area contributed by atoms with Gasteiger partial charge in [-0.15, -0.1) is 0 Å². The molecule has 2 saturated heterocycles. The molecule has 5 heterocycles. The first-order valence-electron chi connectivity index (χ1n) is 9.81. The Labute approximate surface area is 176 Å². The number of nitrogens with zero attached hydrogens (tertiary/aromatic N) is 4. The number of para-hydroxylation sites is 1. The second kappa shape index (κ2) is 7.09. The van der Waals surface area contributed by atoms with E-state index in [0.29, 0.717) is 41.1 Å². The largest absolute Gasteiger partial charge is 0.456 e. The standard InChI is InChI=1S/C21H18ClN5O3/c22-14-8-15-20(26-21(24-15)30-17-11-29-16-6-7-28-19(16)17)25-18(14)12-9-23-27(10-12)13-4-2-1-3-5-13/h1-5,8-10,16-17,19H,6-7,11H2,(H,24,25,26)/t16-,17?,19+/m1/s1. The van der Waals surface area contributed by atoms with Crippen molar-refractivity contribution in [2.45, 2.75) is 24.7 Å². The topological polar surface area (TPSA) is 87.1 Å². The number of nitrogens with one attached hydrogen (secondary N) is 1. The van der Waals surface area contributed by atoms with E-state index in [4.69, 9.17) is 25.8 Å². The summed E-state index contributed by atoms with van der Waals surface area (Å²) in [6.45, 7) is 1.19. The molecule has 1 N–H and O–H groups in total. The minimum atomic E-state index is -0.183. The van der Waals surface area contributed by atoms with Crippen molar-refractivity contribution in [3.8, 4) is 23.0 Å². The number of pyridine rings is 1. The fourth-order valence-corrected chi connectivity index (χ4v) is 4.26. The molecule has 2 aliphatic heterocycles. The normalized spacial score (nSPS) is 23.2. The van der Waals surface area contributed by atoms with E-state index in [2.05, 4.69) is 20.1 Å². The van der Waals surface area contributed by atoms with Crippen molar-refractivity contribution in [3.63, 3.8) is 0 Å². The Hall–Kier alpha value is -2.94. The van der Waals surface area contributed by atoms with Crippen LogP contribution < -0.4 is 4.74 Å². The predicted octanol–water partition coefficient (Wildman–Crippen LogP) is 3.40. The number of rotatable bonds is 4. The first kappa shape index (κ1) is 17.9. The molecule has 9 heteroatoms. The molecule has 2 aliphatic rings. The molecule has 8 nitrogen and oxygen atoms in total. The Kier molecular flexibility index (Phi) is 4.22. The lowest BCUT2D eigenvalue weighted by Gasteiger charge is -2.15. The van der Waals surface area contributed by atoms with Gasteiger partial charge in [-0.2, -0.15) is 10.1 Å². The number of halogens is 1. The fourth-order valence-electron chi connectivity index (χ4n) is 4.00. The molecule has 4 aromatic rings. The van der Waals surface area contributed by atoms with Crippen LogP contribution in [0.4, 0.5) is 0 Å². The molecular weight excluding hydrogens is 406 g/mol. The number of hydrogen-bond acceptors (Lipinski definition) is 6. The quantitative estimate of drug-likeness (QED) is 0.541. The minimum Gasteiger partial charge on any atom is -0.456 e. The summed E-state index contributed by atoms with van der Waals surface area (Å²) in [6, 6.07) is 12.1. The van der Waals surface area contributed by atoms with Gasteiger partial charge in [0.25, 0.3) is 6.01 Å². The summed E-state index contributed by atoms with van der Waals surface area (Å²) in [4.78, 5) is 12.3. The van der Waals surface area contributed by atoms with Crippen molar-refractivity contribution < 1.29 is 14.2 Å². The first-order chi connectivity index (χ1) is 14.7. The number of aromatic nitrogens is 5. The van der Waals surface area contributed by atoms with Crippen LogP contribution in [-0.4, -0.2) is 56.3 Å². The number of hydrogen-bond donors (Lipinski definition) is 1. The lowest BCUT2D eigenvalue weighted by Crippen LogP contribution is -2.32. The Balaban J connectivity index is 1.29. The first-order valence-corrected chi connectivity index (χ1v) is 10.2. The van der Waals surface area contributed by atoms with Crippen molar-refractivity contribution >= 4 is 22.8 Å². The van der Waals surface area contributed by atoms with Gasteiger partial charge < -0.3 is 19.2 Å². The summed E-state index contributed by atoms with van der Waals surface area (Å²) in [6.07, 6.45) is 4.42. The molecule has 152 valence electrons. The van der Waals surface area contributed by atoms with Gasteiger partial charge in [-0.25, -0.2) is 9.67 Å². The van der Waals surface area contributed by atoms with Crippen LogP contribution in [-0.2, 0) is 9.47 Å². The van der Waals surface area contributed by atoms with Crippen LogP contribution in [0.2, 0.25) is 5.02 Å². The Morgan fingerprint density at radius 1 is 1.17 bits per heavy atom. The summed E-state index contributed by atoms with van der Waals surface area (Å²) < 4.78 is 19.3. The van der Waals surface area contributed by atoms with Crippen LogP contribution in [0.3, 0.4) is 0 Å². The summed E-state index contributed by atoms with van der Waals surface area (Å²) in [7, 11) is 0. The highest BCUT2D eigenvalue weighted by atomic mass is 35.5. The fraction of sp³-hybridized carbons (Fsp3) is 0.286. The summed E-state index contributed by atoms with van der Waals surface area (Å²) in [5.74, 6) is 0. The average Bonchev–Trinajstić information content (AvgIpc) is 3.53. The van der Waals surface area contributed by atoms with E-state index < -0.39 is 0 Å². The Bertz CT molecular complexity index is 1210. The lowest BCUT2D eigenvalue weighted by atomic mass is 10.1. The van der Waals surface area contributed by atoms with Crippen LogP contribution in [0.25, 0.3) is 28.1 Å². The third-order valence-corrected chi connectivity index (χ3v) is 5.75. The van der Waals surface area contributed by atoms with Crippen LogP contribution in [0, 0.1) is 0 Å². The molecule has 2 fully saturated rings. The molecule has 3 atom stereocenters. The molecule has 6 rings (SSSR count). The molecule has 1 unspecified atom stereocenters. The third-order valence-electron chi connectivity index (χ3n) is 5.46. The maximum Gasteiger partial charge on any atom is 0.296 e. The minimum absolute atomic E-state index is 0.0471. The molecule has 30 heavy (non-hydrogen) atoms. The van der Waals surface area contributed by atoms with E-state index in [1.807, 2.05) is 36.5 Å². The Morgan fingerprint density at radius 2 is 2.07 bits per heavy atom. The molecule has 0 saturated carbocycles. The number of aromatic amines is 1. The van der Waals surface area contributed by atoms with Gasteiger partial charge in [0.15, 0.2) is 11.8 Å². The molecule has 1 aromatic carbocycles. The highest BCUT2D eigenvalue weighted by molar-refractivity contribution is 6.33. The number of fused-ring (bicyclic) bond motifs is 2. The average molecular weight is 424 g/mol. The van der Waals surface area contributed by atoms with E-state index in [0.717, 1.165) is 17.7 Å². The summed E-state index contributed by atoms with van der Waals surface area (Å²) in [5.41, 5.74) is 3.62. The molecular formula is C21H18ClN5O3. The van der Waals surface area contributed by atoms with Crippen LogP contribution in [0.1, 0.15) is 6.42 Å². The molecule has 0 bridgehead atoms. The van der Waals surface area contributed by atoms with E-state index in [9.17, 15) is 0 Å². The zero-order valence-electron chi connectivity index (χ0n) is 15.9. The summed E-state index contributed by atoms with van der Waals surface area (Å²) >= 11 is 6.52. The van der Waals surface area contributed by atoms with Crippen LogP contribution in [0.15, 0.2) is 48.8 Å². The maximum absolute atomic E-state index is 6.52. The van der Waals surface area contributed by atoms with Gasteiger partial charge in [0.2, 0.25) is 0 Å². The van der Waals surface area contributed by atoms with Gasteiger partial charge in [-0.1, -0.05) is 29.8 Å². The van der Waals surface area contributed by atoms with E-state index in [1.54, 1.807) is 16.9 Å². The number of ether oxygens (including phenoxy) is 3. The van der Waals surface area contributed by atoms with E-state index in [-0.39, 0.29) is 18.3 Å². The van der Waals surface area contributed by atoms with E-state index >= 15 is 0 Å². The lowest BCUT2D eigenvalue weighted by molar-refractivity contribution is 0.0273. The molecule has 3 aromatic heterocycles. The van der Waals surface area contributed by atoms with Crippen LogP contribution in [0.5, 0.6) is 6.01 Å². The van der Waals surface area contributed by atoms with Crippen molar-refractivity contribution in [1.29, 1.82) is 0 Å².